The normalized spacial score (nSPS) is 15.7. The minimum atomic E-state index is -0.326. The summed E-state index contributed by atoms with van der Waals surface area (Å²) in [6, 6.07) is 7.17. The Hall–Kier alpha value is -2.79. The fourth-order valence-electron chi connectivity index (χ4n) is 2.10. The fourth-order valence-corrected chi connectivity index (χ4v) is 2.99. The lowest BCUT2D eigenvalue weighted by atomic mass is 10.2. The number of carbonyl (C=O) groups excluding carboxylic acids is 1. The average molecular weight is 328 g/mol. The van der Waals surface area contributed by atoms with E-state index in [9.17, 15) is 4.79 Å². The molecule has 1 aliphatic heterocycles. The van der Waals surface area contributed by atoms with Crippen molar-refractivity contribution in [3.63, 3.8) is 0 Å². The first-order valence-corrected chi connectivity index (χ1v) is 7.73. The molecule has 0 unspecified atom stereocenters. The van der Waals surface area contributed by atoms with Crippen molar-refractivity contribution >= 4 is 22.8 Å². The molecule has 3 rings (SSSR count). The van der Waals surface area contributed by atoms with Crippen LogP contribution in [-0.4, -0.2) is 40.4 Å². The number of methoxy groups -OCH3 is 1. The Morgan fingerprint density at radius 1 is 1.48 bits per heavy atom. The van der Waals surface area contributed by atoms with E-state index in [2.05, 4.69) is 9.98 Å². The third-order valence-electron chi connectivity index (χ3n) is 3.23. The summed E-state index contributed by atoms with van der Waals surface area (Å²) in [4.78, 5) is 21.8. The largest absolute Gasteiger partial charge is 0.497 e. The predicted octanol–water partition coefficient (Wildman–Crippen LogP) is 2.38. The van der Waals surface area contributed by atoms with Crippen molar-refractivity contribution in [2.24, 2.45) is 4.99 Å². The van der Waals surface area contributed by atoms with Gasteiger partial charge in [-0.2, -0.15) is 5.26 Å². The van der Waals surface area contributed by atoms with Crippen LogP contribution in [0.3, 0.4) is 0 Å². The Morgan fingerprint density at radius 3 is 2.96 bits per heavy atom. The highest BCUT2D eigenvalue weighted by Gasteiger charge is 2.29. The number of hydrogen-bond donors (Lipinski definition) is 0. The summed E-state index contributed by atoms with van der Waals surface area (Å²) < 4.78 is 10.5. The molecule has 0 spiro atoms. The summed E-state index contributed by atoms with van der Waals surface area (Å²) in [5.41, 5.74) is 0.926. The molecule has 0 atom stereocenters. The van der Waals surface area contributed by atoms with Gasteiger partial charge in [-0.3, -0.25) is 9.69 Å². The van der Waals surface area contributed by atoms with Gasteiger partial charge in [-0.05, 0) is 24.3 Å². The first kappa shape index (κ1) is 15.1. The molecule has 0 N–H and O–H groups in total. The standard InChI is InChI=1S/C15H12N4O3S/c1-21-11-4-2-10(3-5-11)13-18-12(8-22-13)14(20)19-6-7-23-15(19)17-9-16/h2-5,8H,6-7H2,1H3. The Kier molecular flexibility index (Phi) is 4.30. The summed E-state index contributed by atoms with van der Waals surface area (Å²) in [7, 11) is 1.59. The van der Waals surface area contributed by atoms with Crippen LogP contribution in [0.2, 0.25) is 0 Å². The molecule has 116 valence electrons. The second-order valence-corrected chi connectivity index (χ2v) is 5.63. The molecule has 2 heterocycles. The monoisotopic (exact) mass is 328 g/mol. The molecular formula is C15H12N4O3S. The molecule has 2 aromatic rings. The number of nitrogens with zero attached hydrogens (tertiary/aromatic N) is 4. The van der Waals surface area contributed by atoms with Crippen molar-refractivity contribution in [2.45, 2.75) is 0 Å². The van der Waals surface area contributed by atoms with Gasteiger partial charge in [0.1, 0.15) is 12.0 Å². The maximum absolute atomic E-state index is 12.5. The first-order chi connectivity index (χ1) is 11.2. The van der Waals surface area contributed by atoms with Crippen molar-refractivity contribution in [2.75, 3.05) is 19.4 Å². The van der Waals surface area contributed by atoms with Gasteiger partial charge in [-0.25, -0.2) is 4.98 Å². The van der Waals surface area contributed by atoms with Gasteiger partial charge in [0, 0.05) is 17.9 Å². The van der Waals surface area contributed by atoms with Crippen molar-refractivity contribution in [1.82, 2.24) is 9.88 Å². The molecule has 1 amide bonds. The number of amides is 1. The Morgan fingerprint density at radius 2 is 2.26 bits per heavy atom. The van der Waals surface area contributed by atoms with E-state index in [1.165, 1.54) is 22.9 Å². The molecular weight excluding hydrogens is 316 g/mol. The summed E-state index contributed by atoms with van der Waals surface area (Å²) >= 11 is 1.37. The molecule has 1 fully saturated rings. The van der Waals surface area contributed by atoms with E-state index < -0.39 is 0 Å². The SMILES string of the molecule is COc1ccc(-c2nc(C(=O)N3CCSC3=NC#N)co2)cc1. The summed E-state index contributed by atoms with van der Waals surface area (Å²) in [6.45, 7) is 0.495. The molecule has 7 nitrogen and oxygen atoms in total. The summed E-state index contributed by atoms with van der Waals surface area (Å²) in [5.74, 6) is 1.45. The number of thioether (sulfide) groups is 1. The molecule has 0 radical (unpaired) electrons. The van der Waals surface area contributed by atoms with Gasteiger partial charge in [-0.15, -0.1) is 4.99 Å². The van der Waals surface area contributed by atoms with Crippen LogP contribution in [-0.2, 0) is 0 Å². The van der Waals surface area contributed by atoms with E-state index in [1.807, 2.05) is 0 Å². The maximum Gasteiger partial charge on any atom is 0.281 e. The molecule has 1 aromatic heterocycles. The highest BCUT2D eigenvalue weighted by molar-refractivity contribution is 8.14. The lowest BCUT2D eigenvalue weighted by Crippen LogP contribution is -2.31. The number of aliphatic imine (C=N–C) groups is 1. The number of amidine groups is 1. The van der Waals surface area contributed by atoms with Crippen LogP contribution < -0.4 is 4.74 Å². The highest BCUT2D eigenvalue weighted by atomic mass is 32.2. The Labute approximate surface area is 136 Å². The van der Waals surface area contributed by atoms with Crippen molar-refractivity contribution in [3.8, 4) is 23.4 Å². The smallest absolute Gasteiger partial charge is 0.281 e. The summed E-state index contributed by atoms with van der Waals surface area (Å²) in [6.07, 6.45) is 3.02. The van der Waals surface area contributed by atoms with E-state index in [-0.39, 0.29) is 11.6 Å². The van der Waals surface area contributed by atoms with Gasteiger partial charge in [-0.1, -0.05) is 11.8 Å². The number of oxazole rings is 1. The fraction of sp³-hybridized carbons (Fsp3) is 0.200. The Bertz CT molecular complexity index is 792. The molecule has 1 saturated heterocycles. The number of carbonyl (C=O) groups is 1. The van der Waals surface area contributed by atoms with E-state index in [0.29, 0.717) is 23.4 Å². The molecule has 0 saturated carbocycles. The van der Waals surface area contributed by atoms with Gasteiger partial charge in [0.25, 0.3) is 5.91 Å². The van der Waals surface area contributed by atoms with E-state index >= 15 is 0 Å². The topological polar surface area (TPSA) is 91.7 Å². The number of aromatic nitrogens is 1. The first-order valence-electron chi connectivity index (χ1n) is 6.74. The van der Waals surface area contributed by atoms with Crippen LogP contribution in [0.15, 0.2) is 39.9 Å². The van der Waals surface area contributed by atoms with E-state index in [0.717, 1.165) is 11.3 Å². The molecule has 23 heavy (non-hydrogen) atoms. The number of hydrogen-bond acceptors (Lipinski definition) is 7. The second-order valence-electron chi connectivity index (χ2n) is 4.57. The van der Waals surface area contributed by atoms with Crippen molar-refractivity contribution < 1.29 is 13.9 Å². The average Bonchev–Trinajstić information content (AvgIpc) is 3.24. The molecule has 8 heteroatoms. The number of nitriles is 1. The molecule has 1 aliphatic rings. The lowest BCUT2D eigenvalue weighted by Gasteiger charge is -2.12. The maximum atomic E-state index is 12.5. The van der Waals surface area contributed by atoms with Crippen LogP contribution in [0.1, 0.15) is 10.5 Å². The molecule has 0 aliphatic carbocycles. The van der Waals surface area contributed by atoms with Crippen LogP contribution >= 0.6 is 11.8 Å². The highest BCUT2D eigenvalue weighted by Crippen LogP contribution is 2.24. The number of rotatable bonds is 3. The Balaban J connectivity index is 1.82. The summed E-state index contributed by atoms with van der Waals surface area (Å²) in [5, 5.41) is 9.05. The number of ether oxygens (including phenoxy) is 1. The van der Waals surface area contributed by atoms with Gasteiger partial charge in [0.15, 0.2) is 10.9 Å². The minimum Gasteiger partial charge on any atom is -0.497 e. The van der Waals surface area contributed by atoms with Crippen molar-refractivity contribution in [3.05, 3.63) is 36.2 Å². The van der Waals surface area contributed by atoms with Crippen LogP contribution in [0.25, 0.3) is 11.5 Å². The van der Waals surface area contributed by atoms with Crippen LogP contribution in [0.5, 0.6) is 5.75 Å². The third kappa shape index (κ3) is 3.05. The predicted molar refractivity (Wildman–Crippen MR) is 85.0 cm³/mol. The number of benzene rings is 1. The van der Waals surface area contributed by atoms with Gasteiger partial charge in [0.2, 0.25) is 12.1 Å². The van der Waals surface area contributed by atoms with Crippen molar-refractivity contribution in [1.29, 1.82) is 5.26 Å². The molecule has 1 aromatic carbocycles. The van der Waals surface area contributed by atoms with E-state index in [4.69, 9.17) is 14.4 Å². The minimum absolute atomic E-state index is 0.184. The molecule has 0 bridgehead atoms. The zero-order chi connectivity index (χ0) is 16.2. The zero-order valence-corrected chi connectivity index (χ0v) is 13.0. The van der Waals surface area contributed by atoms with Gasteiger partial charge < -0.3 is 9.15 Å². The van der Waals surface area contributed by atoms with E-state index in [1.54, 1.807) is 37.6 Å². The lowest BCUT2D eigenvalue weighted by molar-refractivity contribution is 0.0854. The van der Waals surface area contributed by atoms with Gasteiger partial charge >= 0.3 is 0 Å². The van der Waals surface area contributed by atoms with Crippen LogP contribution in [0, 0.1) is 11.5 Å². The third-order valence-corrected chi connectivity index (χ3v) is 4.18. The van der Waals surface area contributed by atoms with Gasteiger partial charge in [0.05, 0.1) is 7.11 Å². The quantitative estimate of drug-likeness (QED) is 0.803. The zero-order valence-electron chi connectivity index (χ0n) is 12.2. The van der Waals surface area contributed by atoms with Crippen LogP contribution in [0.4, 0.5) is 0 Å². The second kappa shape index (κ2) is 6.54.